The van der Waals surface area contributed by atoms with Crippen LogP contribution in [0, 0.1) is 11.7 Å². The van der Waals surface area contributed by atoms with E-state index in [1.165, 1.54) is 12.1 Å². The van der Waals surface area contributed by atoms with Crippen molar-refractivity contribution in [3.05, 3.63) is 29.6 Å². The third-order valence-electron chi connectivity index (χ3n) is 4.39. The van der Waals surface area contributed by atoms with Crippen LogP contribution >= 0.6 is 0 Å². The van der Waals surface area contributed by atoms with Crippen molar-refractivity contribution in [3.8, 4) is 5.75 Å². The van der Waals surface area contributed by atoms with Crippen LogP contribution in [0.15, 0.2) is 18.2 Å². The Hall–Kier alpha value is -1.17. The van der Waals surface area contributed by atoms with Crippen LogP contribution < -0.4 is 4.74 Å². The molecule has 5 heteroatoms. The fourth-order valence-corrected chi connectivity index (χ4v) is 3.42. The fourth-order valence-electron chi connectivity index (χ4n) is 3.42. The van der Waals surface area contributed by atoms with Gasteiger partial charge in [0, 0.05) is 49.8 Å². The first-order valence-corrected chi connectivity index (χ1v) is 7.48. The van der Waals surface area contributed by atoms with Crippen molar-refractivity contribution in [2.45, 2.75) is 12.6 Å². The molecule has 2 heterocycles. The smallest absolute Gasteiger partial charge is 0.126 e. The Morgan fingerprint density at radius 3 is 2.95 bits per heavy atom. The summed E-state index contributed by atoms with van der Waals surface area (Å²) in [4.78, 5) is 4.84. The van der Waals surface area contributed by atoms with Crippen molar-refractivity contribution in [1.82, 2.24) is 9.80 Å². The number of hydrogen-bond donors (Lipinski definition) is 0. The number of hydrogen-bond acceptors (Lipinski definition) is 4. The molecule has 1 aromatic carbocycles. The highest BCUT2D eigenvalue weighted by Crippen LogP contribution is 2.25. The third-order valence-corrected chi connectivity index (χ3v) is 4.39. The minimum atomic E-state index is -0.256. The van der Waals surface area contributed by atoms with Gasteiger partial charge in [-0.2, -0.15) is 0 Å². The van der Waals surface area contributed by atoms with Crippen LogP contribution in [-0.2, 0) is 11.3 Å². The molecule has 2 saturated heterocycles. The van der Waals surface area contributed by atoms with Crippen LogP contribution in [0.2, 0.25) is 0 Å². The summed E-state index contributed by atoms with van der Waals surface area (Å²) in [5, 5.41) is 0. The Labute approximate surface area is 125 Å². The summed E-state index contributed by atoms with van der Waals surface area (Å²) >= 11 is 0. The minimum absolute atomic E-state index is 0.256. The van der Waals surface area contributed by atoms with Gasteiger partial charge in [-0.1, -0.05) is 6.07 Å². The van der Waals surface area contributed by atoms with Crippen molar-refractivity contribution >= 4 is 0 Å². The van der Waals surface area contributed by atoms with E-state index in [0.29, 0.717) is 17.7 Å². The van der Waals surface area contributed by atoms with Gasteiger partial charge in [-0.25, -0.2) is 4.39 Å². The molecule has 0 aromatic heterocycles. The first-order chi connectivity index (χ1) is 10.2. The lowest BCUT2D eigenvalue weighted by molar-refractivity contribution is 0.0560. The van der Waals surface area contributed by atoms with Gasteiger partial charge in [-0.05, 0) is 13.1 Å². The van der Waals surface area contributed by atoms with Gasteiger partial charge in [0.05, 0.1) is 20.3 Å². The molecule has 116 valence electrons. The van der Waals surface area contributed by atoms with E-state index in [-0.39, 0.29) is 5.82 Å². The second-order valence-corrected chi connectivity index (χ2v) is 6.16. The molecule has 0 aliphatic carbocycles. The van der Waals surface area contributed by atoms with E-state index in [1.54, 1.807) is 7.11 Å². The molecular weight excluding hydrogens is 271 g/mol. The largest absolute Gasteiger partial charge is 0.496 e. The molecule has 2 bridgehead atoms. The summed E-state index contributed by atoms with van der Waals surface area (Å²) in [6.07, 6.45) is 0. The third kappa shape index (κ3) is 3.36. The molecule has 2 fully saturated rings. The maximum atomic E-state index is 13.3. The Kier molecular flexibility index (Phi) is 4.42. The fraction of sp³-hybridized carbons (Fsp3) is 0.625. The van der Waals surface area contributed by atoms with Crippen molar-refractivity contribution in [1.29, 1.82) is 0 Å². The summed E-state index contributed by atoms with van der Waals surface area (Å²) in [5.74, 6) is 0.908. The van der Waals surface area contributed by atoms with Gasteiger partial charge in [0.2, 0.25) is 0 Å². The van der Waals surface area contributed by atoms with Gasteiger partial charge in [-0.3, -0.25) is 4.90 Å². The molecule has 2 aliphatic heterocycles. The minimum Gasteiger partial charge on any atom is -0.496 e. The van der Waals surface area contributed by atoms with Gasteiger partial charge in [0.25, 0.3) is 0 Å². The zero-order valence-electron chi connectivity index (χ0n) is 12.7. The van der Waals surface area contributed by atoms with E-state index < -0.39 is 0 Å². The van der Waals surface area contributed by atoms with E-state index in [4.69, 9.17) is 9.47 Å². The van der Waals surface area contributed by atoms with E-state index in [2.05, 4.69) is 16.8 Å². The average molecular weight is 294 g/mol. The molecule has 1 aromatic rings. The van der Waals surface area contributed by atoms with E-state index in [1.807, 2.05) is 6.07 Å². The molecule has 21 heavy (non-hydrogen) atoms. The molecule has 0 amide bonds. The van der Waals surface area contributed by atoms with Gasteiger partial charge < -0.3 is 14.4 Å². The zero-order chi connectivity index (χ0) is 14.8. The van der Waals surface area contributed by atoms with E-state index in [9.17, 15) is 4.39 Å². The number of nitrogens with zero attached hydrogens (tertiary/aromatic N) is 2. The highest BCUT2D eigenvalue weighted by Gasteiger charge is 2.32. The standard InChI is InChI=1S/C16H23FN2O2/c1-18-6-12-7-19(15(9-18)11-21-10-12)8-13-3-4-14(17)5-16(13)20-2/h3-5,12,15H,6-11H2,1-2H3/t12-,15-/m0/s1. The molecule has 2 atom stereocenters. The predicted molar refractivity (Wildman–Crippen MR) is 79.0 cm³/mol. The lowest BCUT2D eigenvalue weighted by atomic mass is 10.1. The maximum Gasteiger partial charge on any atom is 0.126 e. The lowest BCUT2D eigenvalue weighted by Crippen LogP contribution is -2.42. The number of benzene rings is 1. The highest BCUT2D eigenvalue weighted by atomic mass is 19.1. The lowest BCUT2D eigenvalue weighted by Gasteiger charge is -2.30. The molecular formula is C16H23FN2O2. The number of methoxy groups -OCH3 is 1. The molecule has 4 nitrogen and oxygen atoms in total. The summed E-state index contributed by atoms with van der Waals surface area (Å²) in [6.45, 7) is 5.49. The number of likely N-dealkylation sites (N-methyl/N-ethyl adjacent to an activating group) is 1. The highest BCUT2D eigenvalue weighted by molar-refractivity contribution is 5.34. The van der Waals surface area contributed by atoms with Gasteiger partial charge in [0.1, 0.15) is 11.6 Å². The summed E-state index contributed by atoms with van der Waals surface area (Å²) in [7, 11) is 3.77. The monoisotopic (exact) mass is 294 g/mol. The van der Waals surface area contributed by atoms with Crippen molar-refractivity contribution in [2.75, 3.05) is 47.0 Å². The van der Waals surface area contributed by atoms with Crippen LogP contribution in [0.3, 0.4) is 0 Å². The topological polar surface area (TPSA) is 24.9 Å². The molecule has 3 rings (SSSR count). The second kappa shape index (κ2) is 6.30. The van der Waals surface area contributed by atoms with Crippen LogP contribution in [0.4, 0.5) is 4.39 Å². The Morgan fingerprint density at radius 2 is 2.14 bits per heavy atom. The Balaban J connectivity index is 1.80. The second-order valence-electron chi connectivity index (χ2n) is 6.16. The Bertz CT molecular complexity index is 497. The van der Waals surface area contributed by atoms with E-state index >= 15 is 0 Å². The zero-order valence-corrected chi connectivity index (χ0v) is 12.7. The van der Waals surface area contributed by atoms with Crippen LogP contribution in [0.1, 0.15) is 5.56 Å². The van der Waals surface area contributed by atoms with Gasteiger partial charge in [0.15, 0.2) is 0 Å². The van der Waals surface area contributed by atoms with Crippen LogP contribution in [0.25, 0.3) is 0 Å². The van der Waals surface area contributed by atoms with Crippen molar-refractivity contribution in [3.63, 3.8) is 0 Å². The first-order valence-electron chi connectivity index (χ1n) is 7.48. The number of rotatable bonds is 3. The molecule has 2 aliphatic rings. The first kappa shape index (κ1) is 14.8. The summed E-state index contributed by atoms with van der Waals surface area (Å²) < 4.78 is 24.4. The van der Waals surface area contributed by atoms with Gasteiger partial charge in [-0.15, -0.1) is 0 Å². The SMILES string of the molecule is COc1cc(F)ccc1CN1C[C@H]2COC[C@@H]1CN(C)C2. The van der Waals surface area contributed by atoms with Crippen molar-refractivity contribution in [2.24, 2.45) is 5.92 Å². The Morgan fingerprint density at radius 1 is 1.29 bits per heavy atom. The summed E-state index contributed by atoms with van der Waals surface area (Å²) in [5.41, 5.74) is 1.04. The van der Waals surface area contributed by atoms with Crippen molar-refractivity contribution < 1.29 is 13.9 Å². The van der Waals surface area contributed by atoms with Crippen LogP contribution in [-0.4, -0.2) is 62.8 Å². The van der Waals surface area contributed by atoms with E-state index in [0.717, 1.165) is 45.0 Å². The molecule has 0 radical (unpaired) electrons. The predicted octanol–water partition coefficient (Wildman–Crippen LogP) is 1.60. The normalized spacial score (nSPS) is 27.4. The van der Waals surface area contributed by atoms with Gasteiger partial charge >= 0.3 is 0 Å². The maximum absolute atomic E-state index is 13.3. The molecule has 0 saturated carbocycles. The number of ether oxygens (including phenoxy) is 2. The molecule has 0 unspecified atom stereocenters. The molecule has 0 N–H and O–H groups in total. The quantitative estimate of drug-likeness (QED) is 0.845. The number of fused-ring (bicyclic) bond motifs is 3. The number of halogens is 1. The van der Waals surface area contributed by atoms with Crippen LogP contribution in [0.5, 0.6) is 5.75 Å². The average Bonchev–Trinajstić information content (AvgIpc) is 2.70. The summed E-state index contributed by atoms with van der Waals surface area (Å²) in [6, 6.07) is 5.18. The molecule has 0 spiro atoms.